The van der Waals surface area contributed by atoms with E-state index in [2.05, 4.69) is 74.2 Å². The number of rotatable bonds is 2. The van der Waals surface area contributed by atoms with Crippen molar-refractivity contribution >= 4 is 53.9 Å². The Bertz CT molecular complexity index is 1480. The molecule has 0 aliphatic rings. The Morgan fingerprint density at radius 2 is 1.61 bits per heavy atom. The van der Waals surface area contributed by atoms with Crippen LogP contribution in [-0.4, -0.2) is 15.0 Å². The molecule has 0 saturated carbocycles. The van der Waals surface area contributed by atoms with Crippen molar-refractivity contribution in [1.29, 1.82) is 0 Å². The summed E-state index contributed by atoms with van der Waals surface area (Å²) in [5.41, 5.74) is 6.71. The minimum atomic E-state index is 0.944. The van der Waals surface area contributed by atoms with Gasteiger partial charge in [-0.15, -0.1) is 22.7 Å². The van der Waals surface area contributed by atoms with Crippen molar-refractivity contribution in [2.24, 2.45) is 0 Å². The fourth-order valence-corrected chi connectivity index (χ4v) is 5.71. The van der Waals surface area contributed by atoms with E-state index in [1.165, 1.54) is 20.5 Å². The highest BCUT2D eigenvalue weighted by Crippen LogP contribution is 2.38. The molecule has 4 aromatic heterocycles. The normalized spacial score (nSPS) is 11.6. The summed E-state index contributed by atoms with van der Waals surface area (Å²) in [6.07, 6.45) is 5.36. The number of hydrogen-bond donors (Lipinski definition) is 0. The number of hydrogen-bond acceptors (Lipinski definition) is 5. The molecule has 0 N–H and O–H groups in total. The molecule has 0 aliphatic carbocycles. The number of thiophene rings is 2. The summed E-state index contributed by atoms with van der Waals surface area (Å²) in [6, 6.07) is 17.2. The van der Waals surface area contributed by atoms with Gasteiger partial charge < -0.3 is 0 Å². The minimum Gasteiger partial charge on any atom is -0.256 e. The standard InChI is InChI=1S/C23H13N3S2/c1-2-16-10-24-13-26-21(16)9-14(1)18-8-17-7-15(3-4-20(17)25-11-18)19-12-28-22-5-6-27-23(19)22/h1-13H. The van der Waals surface area contributed by atoms with E-state index in [9.17, 15) is 0 Å². The number of nitrogens with zero attached hydrogens (tertiary/aromatic N) is 3. The number of benzene rings is 2. The molecule has 0 radical (unpaired) electrons. The third-order valence-corrected chi connectivity index (χ3v) is 7.04. The van der Waals surface area contributed by atoms with Gasteiger partial charge in [-0.2, -0.15) is 0 Å². The van der Waals surface area contributed by atoms with E-state index in [0.29, 0.717) is 0 Å². The van der Waals surface area contributed by atoms with Crippen molar-refractivity contribution in [3.63, 3.8) is 0 Å². The SMILES string of the molecule is c1ncc2ccc(-c3cnc4ccc(-c5csc6ccsc56)cc4c3)cc2n1. The molecule has 5 heteroatoms. The van der Waals surface area contributed by atoms with Gasteiger partial charge >= 0.3 is 0 Å². The molecule has 0 aliphatic heterocycles. The van der Waals surface area contributed by atoms with E-state index in [4.69, 9.17) is 0 Å². The van der Waals surface area contributed by atoms with E-state index in [1.54, 1.807) is 29.0 Å². The zero-order valence-corrected chi connectivity index (χ0v) is 16.3. The van der Waals surface area contributed by atoms with Crippen LogP contribution in [0.15, 0.2) is 78.0 Å². The van der Waals surface area contributed by atoms with Crippen molar-refractivity contribution in [2.75, 3.05) is 0 Å². The van der Waals surface area contributed by atoms with Gasteiger partial charge in [0.2, 0.25) is 0 Å². The van der Waals surface area contributed by atoms with Crippen LogP contribution in [0.3, 0.4) is 0 Å². The second-order valence-electron chi connectivity index (χ2n) is 6.69. The monoisotopic (exact) mass is 395 g/mol. The predicted molar refractivity (Wildman–Crippen MR) is 119 cm³/mol. The summed E-state index contributed by atoms with van der Waals surface area (Å²) >= 11 is 3.61. The van der Waals surface area contributed by atoms with Gasteiger partial charge in [0.1, 0.15) is 6.33 Å². The highest BCUT2D eigenvalue weighted by Gasteiger charge is 2.09. The summed E-state index contributed by atoms with van der Waals surface area (Å²) in [4.78, 5) is 13.1. The van der Waals surface area contributed by atoms with Crippen LogP contribution in [0.4, 0.5) is 0 Å². The summed E-state index contributed by atoms with van der Waals surface area (Å²) < 4.78 is 2.72. The summed E-state index contributed by atoms with van der Waals surface area (Å²) in [6.45, 7) is 0. The molecule has 0 atom stereocenters. The van der Waals surface area contributed by atoms with Crippen molar-refractivity contribution < 1.29 is 0 Å². The molecule has 0 bridgehead atoms. The lowest BCUT2D eigenvalue weighted by atomic mass is 10.0. The van der Waals surface area contributed by atoms with Gasteiger partial charge in [-0.1, -0.05) is 18.2 Å². The molecule has 0 amide bonds. The topological polar surface area (TPSA) is 38.7 Å². The Labute approximate surface area is 169 Å². The molecule has 132 valence electrons. The Kier molecular flexibility index (Phi) is 3.51. The quantitative estimate of drug-likeness (QED) is 0.324. The highest BCUT2D eigenvalue weighted by molar-refractivity contribution is 7.26. The van der Waals surface area contributed by atoms with Gasteiger partial charge in [0, 0.05) is 44.4 Å². The Morgan fingerprint density at radius 1 is 0.679 bits per heavy atom. The van der Waals surface area contributed by atoms with Gasteiger partial charge in [0.15, 0.2) is 0 Å². The number of pyridine rings is 1. The summed E-state index contributed by atoms with van der Waals surface area (Å²) in [7, 11) is 0. The summed E-state index contributed by atoms with van der Waals surface area (Å²) in [5, 5.41) is 6.60. The highest BCUT2D eigenvalue weighted by atomic mass is 32.1. The lowest BCUT2D eigenvalue weighted by Gasteiger charge is -2.07. The van der Waals surface area contributed by atoms with Gasteiger partial charge in [-0.25, -0.2) is 9.97 Å². The molecule has 6 rings (SSSR count). The van der Waals surface area contributed by atoms with Gasteiger partial charge in [0.05, 0.1) is 15.7 Å². The molecule has 0 unspecified atom stereocenters. The van der Waals surface area contributed by atoms with Crippen molar-refractivity contribution in [3.05, 3.63) is 78.0 Å². The van der Waals surface area contributed by atoms with Gasteiger partial charge in [-0.05, 0) is 46.8 Å². The zero-order valence-electron chi connectivity index (χ0n) is 14.7. The number of aromatic nitrogens is 3. The third kappa shape index (κ3) is 2.52. The van der Waals surface area contributed by atoms with E-state index in [-0.39, 0.29) is 0 Å². The van der Waals surface area contributed by atoms with Crippen LogP contribution in [0.1, 0.15) is 0 Å². The van der Waals surface area contributed by atoms with Crippen molar-refractivity contribution in [2.45, 2.75) is 0 Å². The first kappa shape index (κ1) is 15.9. The lowest BCUT2D eigenvalue weighted by molar-refractivity contribution is 1.22. The maximum atomic E-state index is 4.68. The maximum Gasteiger partial charge on any atom is 0.116 e. The fourth-order valence-electron chi connectivity index (χ4n) is 3.57. The Balaban J connectivity index is 1.50. The smallest absolute Gasteiger partial charge is 0.116 e. The largest absolute Gasteiger partial charge is 0.256 e. The molecule has 4 heterocycles. The molecule has 0 spiro atoms. The molecule has 0 fully saturated rings. The molecular weight excluding hydrogens is 382 g/mol. The molecule has 2 aromatic carbocycles. The van der Waals surface area contributed by atoms with Crippen LogP contribution in [0.5, 0.6) is 0 Å². The Hall–Kier alpha value is -3.15. The van der Waals surface area contributed by atoms with Crippen molar-refractivity contribution in [1.82, 2.24) is 15.0 Å². The van der Waals surface area contributed by atoms with E-state index in [1.807, 2.05) is 12.4 Å². The molecule has 3 nitrogen and oxygen atoms in total. The fraction of sp³-hybridized carbons (Fsp3) is 0. The second-order valence-corrected chi connectivity index (χ2v) is 8.52. The molecular formula is C23H13N3S2. The Morgan fingerprint density at radius 3 is 2.61 bits per heavy atom. The average Bonchev–Trinajstić information content (AvgIpc) is 3.36. The average molecular weight is 396 g/mol. The van der Waals surface area contributed by atoms with Crippen LogP contribution in [-0.2, 0) is 0 Å². The number of fused-ring (bicyclic) bond motifs is 3. The van der Waals surface area contributed by atoms with E-state index < -0.39 is 0 Å². The zero-order chi connectivity index (χ0) is 18.5. The first-order valence-electron chi connectivity index (χ1n) is 8.90. The van der Waals surface area contributed by atoms with Crippen molar-refractivity contribution in [3.8, 4) is 22.3 Å². The maximum absolute atomic E-state index is 4.68. The predicted octanol–water partition coefficient (Wildman–Crippen LogP) is 6.79. The minimum absolute atomic E-state index is 0.944. The van der Waals surface area contributed by atoms with Crippen LogP contribution < -0.4 is 0 Å². The first-order valence-corrected chi connectivity index (χ1v) is 10.7. The van der Waals surface area contributed by atoms with Gasteiger partial charge in [-0.3, -0.25) is 4.98 Å². The van der Waals surface area contributed by atoms with Crippen LogP contribution in [0.25, 0.3) is 53.5 Å². The van der Waals surface area contributed by atoms with Crippen LogP contribution in [0.2, 0.25) is 0 Å². The molecule has 6 aromatic rings. The summed E-state index contributed by atoms with van der Waals surface area (Å²) in [5.74, 6) is 0. The molecule has 0 saturated heterocycles. The van der Waals surface area contributed by atoms with E-state index in [0.717, 1.165) is 32.9 Å². The first-order chi connectivity index (χ1) is 13.8. The van der Waals surface area contributed by atoms with Gasteiger partial charge in [0.25, 0.3) is 0 Å². The van der Waals surface area contributed by atoms with E-state index >= 15 is 0 Å². The van der Waals surface area contributed by atoms with Crippen LogP contribution >= 0.6 is 22.7 Å². The van der Waals surface area contributed by atoms with Crippen LogP contribution in [0, 0.1) is 0 Å². The third-order valence-electron chi connectivity index (χ3n) is 5.01. The molecule has 28 heavy (non-hydrogen) atoms. The second kappa shape index (κ2) is 6.19. The lowest BCUT2D eigenvalue weighted by Crippen LogP contribution is -1.86.